The number of hydrogen-bond donors (Lipinski definition) is 21. The van der Waals surface area contributed by atoms with E-state index in [9.17, 15) is 67.1 Å². The summed E-state index contributed by atoms with van der Waals surface area (Å²) in [6, 6.07) is 2.70. The Bertz CT molecular complexity index is 3420. The number of primary amides is 1. The van der Waals surface area contributed by atoms with Gasteiger partial charge in [0.1, 0.15) is 72.5 Å². The van der Waals surface area contributed by atoms with Gasteiger partial charge in [-0.1, -0.05) is 141 Å². The molecule has 0 saturated heterocycles. The fraction of sp³-hybridized carbons (Fsp3) is 0.701. The van der Waals surface area contributed by atoms with E-state index in [1.807, 2.05) is 20.8 Å². The van der Waals surface area contributed by atoms with Crippen molar-refractivity contribution in [2.24, 2.45) is 63.6 Å². The Hall–Kier alpha value is -9.26. The van der Waals surface area contributed by atoms with Crippen LogP contribution in [-0.4, -0.2) is 208 Å². The van der Waals surface area contributed by atoms with Crippen LogP contribution in [0.5, 0.6) is 0 Å². The SMILES string of the molecule is CCCCCCCC(=O)N[C@@H](CCCCN)C(=O)N[C@@H](CCCCN)C(=O)N[C@@H](Cc1ccccc1)C(=O)NCC(=O)N[C@@H](CCCCN)C(=O)N[C@@H](CCCCN)C(=O)N[C@@H](Cc1ccccc1)C(=O)N[C@H](C(=O)N[C@@H](CCCCN)C(=O)N[C@H](C(=O)N[C@@H](CC(C)C)C(=O)N[C@@H](CCCCN)C(=O)N[C@@H](CCCCN)C(N)=O)[C@@H](C)CC)C(C)C. The Labute approximate surface area is 723 Å². The van der Waals surface area contributed by atoms with Gasteiger partial charge in [-0.05, 0) is 222 Å². The second-order valence-corrected chi connectivity index (χ2v) is 32.6. The highest BCUT2D eigenvalue weighted by molar-refractivity contribution is 6.00. The van der Waals surface area contributed by atoms with E-state index in [1.54, 1.807) is 81.4 Å². The summed E-state index contributed by atoms with van der Waals surface area (Å²) in [4.78, 5) is 200. The molecule has 35 heteroatoms. The maximum Gasteiger partial charge on any atom is 0.243 e. The molecule has 0 unspecified atom stereocenters. The van der Waals surface area contributed by atoms with Gasteiger partial charge in [-0.2, -0.15) is 0 Å². The second kappa shape index (κ2) is 64.5. The Morgan fingerprint density at radius 1 is 0.295 bits per heavy atom. The maximum atomic E-state index is 15.0. The van der Waals surface area contributed by atoms with Crippen molar-refractivity contribution in [3.05, 3.63) is 71.8 Å². The van der Waals surface area contributed by atoms with Crippen molar-refractivity contribution in [2.75, 3.05) is 52.4 Å². The van der Waals surface area contributed by atoms with Gasteiger partial charge >= 0.3 is 0 Å². The summed E-state index contributed by atoms with van der Waals surface area (Å²) >= 11 is 0. The van der Waals surface area contributed by atoms with Crippen LogP contribution in [0, 0.1) is 17.8 Å². The Morgan fingerprint density at radius 2 is 0.590 bits per heavy atom. The smallest absolute Gasteiger partial charge is 0.243 e. The molecule has 2 rings (SSSR count). The lowest BCUT2D eigenvalue weighted by Crippen LogP contribution is -2.62. The van der Waals surface area contributed by atoms with Crippen molar-refractivity contribution in [1.82, 2.24) is 69.1 Å². The highest BCUT2D eigenvalue weighted by Crippen LogP contribution is 2.18. The van der Waals surface area contributed by atoms with Gasteiger partial charge in [0.15, 0.2) is 0 Å². The molecule has 13 atom stereocenters. The van der Waals surface area contributed by atoms with Crippen LogP contribution in [0.25, 0.3) is 0 Å². The number of amides is 14. The molecule has 0 fully saturated rings. The van der Waals surface area contributed by atoms with Gasteiger partial charge < -0.3 is 115 Å². The van der Waals surface area contributed by atoms with Crippen molar-refractivity contribution < 1.29 is 67.1 Å². The Kier molecular flexibility index (Phi) is 57.5. The lowest BCUT2D eigenvalue weighted by molar-refractivity contribution is -0.137. The van der Waals surface area contributed by atoms with Crippen molar-refractivity contribution in [3.63, 3.8) is 0 Å². The molecule has 122 heavy (non-hydrogen) atoms. The molecule has 29 N–H and O–H groups in total. The summed E-state index contributed by atoms with van der Waals surface area (Å²) in [6.07, 6.45) is 12.4. The summed E-state index contributed by atoms with van der Waals surface area (Å²) in [5.41, 5.74) is 47.8. The molecule has 0 aliphatic rings. The normalized spacial score (nSPS) is 14.5. The van der Waals surface area contributed by atoms with Crippen LogP contribution in [0.15, 0.2) is 60.7 Å². The first-order chi connectivity index (χ1) is 58.4. The fourth-order valence-electron chi connectivity index (χ4n) is 13.8. The third kappa shape index (κ3) is 45.2. The highest BCUT2D eigenvalue weighted by atomic mass is 16.2. The van der Waals surface area contributed by atoms with E-state index in [-0.39, 0.29) is 102 Å². The number of unbranched alkanes of at least 4 members (excludes halogenated alkanes) is 11. The molecule has 0 aliphatic carbocycles. The lowest BCUT2D eigenvalue weighted by Gasteiger charge is -2.31. The van der Waals surface area contributed by atoms with Gasteiger partial charge in [-0.3, -0.25) is 67.1 Å². The van der Waals surface area contributed by atoms with Crippen molar-refractivity contribution >= 4 is 82.7 Å². The average Bonchev–Trinajstić information content (AvgIpc) is 0.866. The summed E-state index contributed by atoms with van der Waals surface area (Å²) in [5, 5.41) is 36.2. The van der Waals surface area contributed by atoms with E-state index >= 15 is 0 Å². The lowest BCUT2D eigenvalue weighted by atomic mass is 9.95. The molecule has 690 valence electrons. The van der Waals surface area contributed by atoms with Crippen LogP contribution in [-0.2, 0) is 80.0 Å². The number of carbonyl (C=O) groups excluding carboxylic acids is 14. The zero-order chi connectivity index (χ0) is 90.7. The van der Waals surface area contributed by atoms with Crippen LogP contribution < -0.4 is 115 Å². The third-order valence-electron chi connectivity index (χ3n) is 21.3. The van der Waals surface area contributed by atoms with E-state index < -0.39 is 168 Å². The topological polar surface area (TPSA) is 604 Å². The quantitative estimate of drug-likeness (QED) is 0.0409. The Morgan fingerprint density at radius 3 is 0.951 bits per heavy atom. The zero-order valence-electron chi connectivity index (χ0n) is 73.8. The van der Waals surface area contributed by atoms with E-state index in [4.69, 9.17) is 45.9 Å². The van der Waals surface area contributed by atoms with Gasteiger partial charge in [0, 0.05) is 19.3 Å². The van der Waals surface area contributed by atoms with Crippen LogP contribution in [0.3, 0.4) is 0 Å². The van der Waals surface area contributed by atoms with Gasteiger partial charge in [0.25, 0.3) is 0 Å². The standard InChI is InChI=1S/C87H153N21O14/c1-8-10-11-12-19-45-72(109)97-63(39-21-28-47-89)78(113)100-66(42-24-31-50-92)81(116)104-70(54-60-34-15-13-16-35-60)77(112)96-56-73(110)98-64(40-22-29-48-90)79(114)101-67(43-25-32-51-93)82(117)105-71(55-61-36-17-14-18-37-61)85(120)107-74(58(5)6)86(121)103-68(44-26-33-52-94)83(118)108-75(59(7)9-2)87(122)106-69(53-57(3)4)84(119)102-65(41-23-30-49-91)80(115)99-62(76(95)111)38-20-27-46-88/h13-18,34-37,57-59,62-71,74-75H,8-12,19-33,38-56,88-94H2,1-7H3,(H2,95,111)(H,96,112)(H,97,109)(H,98,110)(H,99,115)(H,100,113)(H,101,114)(H,102,119)(H,103,121)(H,104,116)(H,105,117)(H,106,122)(H,107,120)(H,108,118)/t59-,62-,63-,64-,65-,66-,67-,68-,69-,70-,71-,74-,75-/m0/s1. The molecule has 0 aliphatic heterocycles. The van der Waals surface area contributed by atoms with Crippen molar-refractivity contribution in [2.45, 2.75) is 320 Å². The molecule has 0 spiro atoms. The van der Waals surface area contributed by atoms with Crippen LogP contribution in [0.1, 0.15) is 246 Å². The fourth-order valence-corrected chi connectivity index (χ4v) is 13.8. The summed E-state index contributed by atoms with van der Waals surface area (Å²) in [5.74, 6) is -11.3. The molecule has 14 amide bonds. The number of benzene rings is 2. The molecular formula is C87H153N21O14. The second-order valence-electron chi connectivity index (χ2n) is 32.6. The first-order valence-electron chi connectivity index (χ1n) is 44.6. The predicted octanol–water partition coefficient (Wildman–Crippen LogP) is 0.903. The summed E-state index contributed by atoms with van der Waals surface area (Å²) in [7, 11) is 0. The average molecular weight is 1720 g/mol. The number of nitrogens with two attached hydrogens (primary N) is 8. The Balaban J connectivity index is 2.54. The number of carbonyl (C=O) groups is 14. The van der Waals surface area contributed by atoms with Crippen molar-refractivity contribution in [1.29, 1.82) is 0 Å². The van der Waals surface area contributed by atoms with Crippen molar-refractivity contribution in [3.8, 4) is 0 Å². The van der Waals surface area contributed by atoms with Gasteiger partial charge in [0.2, 0.25) is 82.7 Å². The third-order valence-corrected chi connectivity index (χ3v) is 21.3. The first-order valence-corrected chi connectivity index (χ1v) is 44.6. The monoisotopic (exact) mass is 1720 g/mol. The van der Waals surface area contributed by atoms with Gasteiger partial charge in [0.05, 0.1) is 6.54 Å². The zero-order valence-corrected chi connectivity index (χ0v) is 73.8. The largest absolute Gasteiger partial charge is 0.368 e. The van der Waals surface area contributed by atoms with Crippen LogP contribution in [0.2, 0.25) is 0 Å². The number of rotatable bonds is 69. The molecule has 0 radical (unpaired) electrons. The minimum Gasteiger partial charge on any atom is -0.368 e. The summed E-state index contributed by atoms with van der Waals surface area (Å²) < 4.78 is 0. The summed E-state index contributed by atoms with van der Waals surface area (Å²) in [6.45, 7) is 14.1. The number of hydrogen-bond acceptors (Lipinski definition) is 21. The minimum absolute atomic E-state index is 0.0116. The first kappa shape index (κ1) is 109. The molecule has 0 bridgehead atoms. The maximum absolute atomic E-state index is 15.0. The molecule has 2 aromatic carbocycles. The van der Waals surface area contributed by atoms with Crippen LogP contribution >= 0.6 is 0 Å². The predicted molar refractivity (Wildman–Crippen MR) is 473 cm³/mol. The van der Waals surface area contributed by atoms with Gasteiger partial charge in [-0.15, -0.1) is 0 Å². The van der Waals surface area contributed by atoms with E-state index in [0.717, 1.165) is 25.7 Å². The molecule has 2 aromatic rings. The van der Waals surface area contributed by atoms with Crippen LogP contribution in [0.4, 0.5) is 0 Å². The molecule has 0 heterocycles. The molecule has 0 saturated carbocycles. The number of nitrogens with one attached hydrogen (secondary N) is 13. The van der Waals surface area contributed by atoms with Gasteiger partial charge in [-0.25, -0.2) is 0 Å². The van der Waals surface area contributed by atoms with E-state index in [1.165, 1.54) is 0 Å². The van der Waals surface area contributed by atoms with E-state index in [0.29, 0.717) is 140 Å². The molecular weight excluding hydrogens is 1560 g/mol. The minimum atomic E-state index is -1.41. The highest BCUT2D eigenvalue weighted by Gasteiger charge is 2.39. The molecule has 0 aromatic heterocycles. The van der Waals surface area contributed by atoms with E-state index in [2.05, 4.69) is 76.0 Å². The molecule has 35 nitrogen and oxygen atoms in total.